The third-order valence-electron chi connectivity index (χ3n) is 7.97. The molecule has 43 heavy (non-hydrogen) atoms. The molecule has 4 heterocycles. The molecule has 0 radical (unpaired) electrons. The molecule has 0 unspecified atom stereocenters. The van der Waals surface area contributed by atoms with Gasteiger partial charge in [-0.3, -0.25) is 14.0 Å². The summed E-state index contributed by atoms with van der Waals surface area (Å²) in [7, 11) is 1.27. The predicted octanol–water partition coefficient (Wildman–Crippen LogP) is 2.74. The van der Waals surface area contributed by atoms with E-state index in [0.29, 0.717) is 67.6 Å². The Kier molecular flexibility index (Phi) is 7.67. The second kappa shape index (κ2) is 11.6. The van der Waals surface area contributed by atoms with E-state index in [9.17, 15) is 23.5 Å². The molecule has 2 saturated heterocycles. The van der Waals surface area contributed by atoms with E-state index in [0.717, 1.165) is 5.56 Å². The van der Waals surface area contributed by atoms with E-state index in [1.54, 1.807) is 32.5 Å². The second-order valence-corrected chi connectivity index (χ2v) is 10.7. The van der Waals surface area contributed by atoms with Gasteiger partial charge in [-0.2, -0.15) is 4.39 Å². The van der Waals surface area contributed by atoms with Crippen molar-refractivity contribution in [1.82, 2.24) is 29.5 Å². The maximum atomic E-state index is 14.8. The summed E-state index contributed by atoms with van der Waals surface area (Å²) in [5.41, 5.74) is 2.75. The van der Waals surface area contributed by atoms with Gasteiger partial charge in [-0.25, -0.2) is 14.4 Å². The van der Waals surface area contributed by atoms with E-state index in [1.807, 2.05) is 13.0 Å². The molecular weight excluding hydrogens is 560 g/mol. The van der Waals surface area contributed by atoms with E-state index in [4.69, 9.17) is 4.74 Å². The number of aliphatic hydroxyl groups excluding tert-OH is 1. The van der Waals surface area contributed by atoms with Crippen molar-refractivity contribution in [3.05, 3.63) is 71.7 Å². The van der Waals surface area contributed by atoms with Crippen LogP contribution in [-0.2, 0) is 4.79 Å². The number of aliphatic hydroxyl groups is 1. The highest BCUT2D eigenvalue weighted by Crippen LogP contribution is 2.31. The molecule has 2 aliphatic rings. The van der Waals surface area contributed by atoms with E-state index >= 15 is 0 Å². The molecule has 2 aromatic heterocycles. The molecule has 0 spiro atoms. The number of imidazole rings is 1. The van der Waals surface area contributed by atoms with Gasteiger partial charge < -0.3 is 30.3 Å². The number of ether oxygens (including phenoxy) is 1. The van der Waals surface area contributed by atoms with Crippen LogP contribution in [0.3, 0.4) is 0 Å². The summed E-state index contributed by atoms with van der Waals surface area (Å²) >= 11 is 0. The Bertz CT molecular complexity index is 1700. The lowest BCUT2D eigenvalue weighted by atomic mass is 10.1. The first-order valence-electron chi connectivity index (χ1n) is 14.0. The number of β-amino-alcohol motifs (C(OH)–C–C–N with tert-alkyl or cyclic N) is 1. The highest BCUT2D eigenvalue weighted by molar-refractivity contribution is 5.96. The topological polar surface area (TPSA) is 124 Å². The fourth-order valence-corrected chi connectivity index (χ4v) is 5.64. The minimum Gasteiger partial charge on any atom is -0.494 e. The Balaban J connectivity index is 1.15. The number of hydrogen-bond acceptors (Lipinski definition) is 8. The van der Waals surface area contributed by atoms with Gasteiger partial charge in [0.15, 0.2) is 23.0 Å². The van der Waals surface area contributed by atoms with Crippen LogP contribution in [-0.4, -0.2) is 93.1 Å². The van der Waals surface area contributed by atoms with Crippen LogP contribution in [0.25, 0.3) is 16.9 Å². The van der Waals surface area contributed by atoms with Crippen molar-refractivity contribution in [2.24, 2.45) is 0 Å². The Hall–Kier alpha value is -4.62. The number of aromatic nitrogens is 3. The minimum absolute atomic E-state index is 0.0286. The summed E-state index contributed by atoms with van der Waals surface area (Å²) < 4.78 is 35.7. The average molecular weight is 592 g/mol. The van der Waals surface area contributed by atoms with Crippen LogP contribution in [0.15, 0.2) is 48.9 Å². The molecular formula is C30H31F2N7O4. The van der Waals surface area contributed by atoms with Gasteiger partial charge in [-0.15, -0.1) is 0 Å². The van der Waals surface area contributed by atoms with Crippen molar-refractivity contribution < 1.29 is 28.2 Å². The molecule has 13 heteroatoms. The van der Waals surface area contributed by atoms with Crippen molar-refractivity contribution in [3.8, 4) is 17.0 Å². The first kappa shape index (κ1) is 28.5. The van der Waals surface area contributed by atoms with Crippen molar-refractivity contribution in [2.75, 3.05) is 45.2 Å². The number of methoxy groups -OCH3 is 1. The molecule has 6 rings (SSSR count). The van der Waals surface area contributed by atoms with Gasteiger partial charge in [-0.05, 0) is 49.2 Å². The Labute approximate surface area is 246 Å². The number of carbonyl (C=O) groups excluding carboxylic acids is 2. The lowest BCUT2D eigenvalue weighted by Crippen LogP contribution is -2.54. The molecule has 3 N–H and O–H groups in total. The maximum Gasteiger partial charge on any atom is 0.254 e. The Morgan fingerprint density at radius 2 is 1.84 bits per heavy atom. The molecule has 0 saturated carbocycles. The summed E-state index contributed by atoms with van der Waals surface area (Å²) in [5.74, 6) is -2.06. The normalized spacial score (nSPS) is 18.7. The zero-order valence-electron chi connectivity index (χ0n) is 23.7. The van der Waals surface area contributed by atoms with Gasteiger partial charge in [-0.1, -0.05) is 0 Å². The number of halogens is 2. The quantitative estimate of drug-likeness (QED) is 0.313. The smallest absolute Gasteiger partial charge is 0.254 e. The largest absolute Gasteiger partial charge is 0.494 e. The van der Waals surface area contributed by atoms with Crippen molar-refractivity contribution in [1.29, 1.82) is 0 Å². The number of carbonyl (C=O) groups is 2. The molecule has 0 aliphatic carbocycles. The van der Waals surface area contributed by atoms with Crippen LogP contribution in [0, 0.1) is 18.6 Å². The zero-order chi connectivity index (χ0) is 30.2. The van der Waals surface area contributed by atoms with Gasteiger partial charge in [0, 0.05) is 61.9 Å². The highest BCUT2D eigenvalue weighted by Gasteiger charge is 2.33. The number of piperazine rings is 1. The van der Waals surface area contributed by atoms with E-state index in [2.05, 4.69) is 20.6 Å². The number of amides is 2. The molecule has 2 aliphatic heterocycles. The van der Waals surface area contributed by atoms with Crippen LogP contribution in [0.2, 0.25) is 0 Å². The van der Waals surface area contributed by atoms with Crippen LogP contribution >= 0.6 is 0 Å². The van der Waals surface area contributed by atoms with Crippen LogP contribution in [0.5, 0.6) is 5.75 Å². The standard InChI is InChI=1S/C30H31F2N7O4/c1-17-13-18(3-4-20(17)29(41)37-9-11-38(12-10-37)30(42)22-14-19(40)15-34-22)36-27-28-35-16-23(39(28)8-7-33-27)21-5-6-24(43-2)26(32)25(21)31/h3-8,13,16,19,22,34,40H,9-12,14-15H2,1-2H3,(H,33,36)/t19-,22+/m0/s1. The summed E-state index contributed by atoms with van der Waals surface area (Å²) in [6.45, 7) is 3.98. The number of nitrogens with zero attached hydrogens (tertiary/aromatic N) is 5. The SMILES string of the molecule is COc1ccc(-c2cnc3c(Nc4ccc(C(=O)N5CCN(C(=O)[C@H]6C[C@H](O)CN6)CC5)c(C)c4)nccn23)c(F)c1F. The van der Waals surface area contributed by atoms with Crippen molar-refractivity contribution in [2.45, 2.75) is 25.5 Å². The average Bonchev–Trinajstić information content (AvgIpc) is 3.65. The minimum atomic E-state index is -1.08. The van der Waals surface area contributed by atoms with E-state index in [1.165, 1.54) is 31.6 Å². The molecule has 2 amide bonds. The Morgan fingerprint density at radius 1 is 1.07 bits per heavy atom. The lowest BCUT2D eigenvalue weighted by molar-refractivity contribution is -0.134. The van der Waals surface area contributed by atoms with Crippen molar-refractivity contribution in [3.63, 3.8) is 0 Å². The molecule has 2 atom stereocenters. The first-order chi connectivity index (χ1) is 20.7. The fourth-order valence-electron chi connectivity index (χ4n) is 5.64. The number of hydrogen-bond donors (Lipinski definition) is 3. The van der Waals surface area contributed by atoms with Gasteiger partial charge in [0.05, 0.1) is 31.1 Å². The number of nitrogens with one attached hydrogen (secondary N) is 2. The molecule has 4 aromatic rings. The molecule has 2 fully saturated rings. The Morgan fingerprint density at radius 3 is 2.53 bits per heavy atom. The molecule has 2 aromatic carbocycles. The summed E-state index contributed by atoms with van der Waals surface area (Å²) in [6.07, 6.45) is 4.48. The number of fused-ring (bicyclic) bond motifs is 1. The van der Waals surface area contributed by atoms with Gasteiger partial charge in [0.25, 0.3) is 5.91 Å². The highest BCUT2D eigenvalue weighted by atomic mass is 19.2. The van der Waals surface area contributed by atoms with Gasteiger partial charge in [0.2, 0.25) is 11.7 Å². The third-order valence-corrected chi connectivity index (χ3v) is 7.97. The number of benzene rings is 2. The molecule has 224 valence electrons. The number of rotatable bonds is 6. The van der Waals surface area contributed by atoms with E-state index in [-0.39, 0.29) is 29.2 Å². The number of anilines is 2. The summed E-state index contributed by atoms with van der Waals surface area (Å²) in [4.78, 5) is 38.3. The maximum absolute atomic E-state index is 14.8. The summed E-state index contributed by atoms with van der Waals surface area (Å²) in [6, 6.07) is 7.76. The second-order valence-electron chi connectivity index (χ2n) is 10.7. The molecule has 11 nitrogen and oxygen atoms in total. The van der Waals surface area contributed by atoms with E-state index < -0.39 is 17.7 Å². The number of aryl methyl sites for hydroxylation is 1. The van der Waals surface area contributed by atoms with Crippen molar-refractivity contribution >= 4 is 29.0 Å². The predicted molar refractivity (Wildman–Crippen MR) is 154 cm³/mol. The lowest BCUT2D eigenvalue weighted by Gasteiger charge is -2.36. The summed E-state index contributed by atoms with van der Waals surface area (Å²) in [5, 5.41) is 16.0. The van der Waals surface area contributed by atoms with Gasteiger partial charge in [0.1, 0.15) is 0 Å². The monoisotopic (exact) mass is 591 g/mol. The van der Waals surface area contributed by atoms with Crippen LogP contribution in [0.4, 0.5) is 20.3 Å². The van der Waals surface area contributed by atoms with Crippen LogP contribution < -0.4 is 15.4 Å². The molecule has 0 bridgehead atoms. The zero-order valence-corrected chi connectivity index (χ0v) is 23.7. The van der Waals surface area contributed by atoms with Crippen LogP contribution in [0.1, 0.15) is 22.3 Å². The van der Waals surface area contributed by atoms with Gasteiger partial charge >= 0.3 is 0 Å². The first-order valence-corrected chi connectivity index (χ1v) is 14.0. The fraction of sp³-hybridized carbons (Fsp3) is 0.333. The third kappa shape index (κ3) is 5.37.